The fraction of sp³-hybridized carbons (Fsp3) is 0.778. The van der Waals surface area contributed by atoms with E-state index in [4.69, 9.17) is 4.99 Å². The standard InChI is InChI=1S/C18H33N5S/c1-5-14(3)21-18(19-6-2)20-11-16-7-9-23(10-8-16)12-17-13-24-15(4)22-17/h13-14,16H,5-12H2,1-4H3,(H2,19,20,21). The van der Waals surface area contributed by atoms with Crippen LogP contribution in [0.1, 0.15) is 50.7 Å². The Hall–Kier alpha value is -1.14. The van der Waals surface area contributed by atoms with Crippen molar-refractivity contribution >= 4 is 17.3 Å². The summed E-state index contributed by atoms with van der Waals surface area (Å²) >= 11 is 1.75. The average molecular weight is 352 g/mol. The van der Waals surface area contributed by atoms with E-state index in [9.17, 15) is 0 Å². The molecule has 24 heavy (non-hydrogen) atoms. The number of thiazole rings is 1. The third-order valence-electron chi connectivity index (χ3n) is 4.61. The van der Waals surface area contributed by atoms with Gasteiger partial charge >= 0.3 is 0 Å². The van der Waals surface area contributed by atoms with Gasteiger partial charge in [-0.15, -0.1) is 11.3 Å². The largest absolute Gasteiger partial charge is 0.357 e. The summed E-state index contributed by atoms with van der Waals surface area (Å²) < 4.78 is 0. The van der Waals surface area contributed by atoms with Crippen LogP contribution in [0.25, 0.3) is 0 Å². The molecule has 0 bridgehead atoms. The van der Waals surface area contributed by atoms with E-state index in [-0.39, 0.29) is 0 Å². The van der Waals surface area contributed by atoms with Crippen LogP contribution < -0.4 is 10.6 Å². The number of likely N-dealkylation sites (tertiary alicyclic amines) is 1. The fourth-order valence-electron chi connectivity index (χ4n) is 2.91. The zero-order chi connectivity index (χ0) is 17.4. The van der Waals surface area contributed by atoms with E-state index in [1.165, 1.54) is 23.5 Å². The maximum atomic E-state index is 4.80. The van der Waals surface area contributed by atoms with Crippen molar-refractivity contribution in [3.05, 3.63) is 16.1 Å². The highest BCUT2D eigenvalue weighted by Crippen LogP contribution is 2.20. The molecule has 0 amide bonds. The van der Waals surface area contributed by atoms with Crippen molar-refractivity contribution in [2.24, 2.45) is 10.9 Å². The Morgan fingerprint density at radius 2 is 2.17 bits per heavy atom. The van der Waals surface area contributed by atoms with E-state index < -0.39 is 0 Å². The number of nitrogens with one attached hydrogen (secondary N) is 2. The molecule has 1 aromatic rings. The summed E-state index contributed by atoms with van der Waals surface area (Å²) in [5.74, 6) is 1.66. The molecule has 1 aliphatic heterocycles. The molecule has 0 aromatic carbocycles. The highest BCUT2D eigenvalue weighted by molar-refractivity contribution is 7.09. The number of hydrogen-bond donors (Lipinski definition) is 2. The van der Waals surface area contributed by atoms with Gasteiger partial charge in [-0.05, 0) is 59.0 Å². The molecular weight excluding hydrogens is 318 g/mol. The van der Waals surface area contributed by atoms with Crippen molar-refractivity contribution in [3.8, 4) is 0 Å². The summed E-state index contributed by atoms with van der Waals surface area (Å²) in [6.45, 7) is 13.7. The van der Waals surface area contributed by atoms with Crippen LogP contribution in [-0.4, -0.2) is 48.1 Å². The van der Waals surface area contributed by atoms with Gasteiger partial charge in [-0.3, -0.25) is 9.89 Å². The molecule has 2 N–H and O–H groups in total. The van der Waals surface area contributed by atoms with Gasteiger partial charge in [-0.2, -0.15) is 0 Å². The van der Waals surface area contributed by atoms with Crippen LogP contribution in [0.4, 0.5) is 0 Å². The summed E-state index contributed by atoms with van der Waals surface area (Å²) in [7, 11) is 0. The Bertz CT molecular complexity index is 505. The van der Waals surface area contributed by atoms with Crippen LogP contribution >= 0.6 is 11.3 Å². The smallest absolute Gasteiger partial charge is 0.191 e. The van der Waals surface area contributed by atoms with Gasteiger partial charge in [0.25, 0.3) is 0 Å². The number of hydrogen-bond acceptors (Lipinski definition) is 4. The predicted octanol–water partition coefficient (Wildman–Crippen LogP) is 3.02. The first-order valence-corrected chi connectivity index (χ1v) is 10.2. The molecule has 6 heteroatoms. The summed E-state index contributed by atoms with van der Waals surface area (Å²) in [6, 6.07) is 0.464. The maximum absolute atomic E-state index is 4.80. The van der Waals surface area contributed by atoms with E-state index >= 15 is 0 Å². The second-order valence-corrected chi connectivity index (χ2v) is 7.81. The van der Waals surface area contributed by atoms with E-state index in [0.29, 0.717) is 12.0 Å². The molecular formula is C18H33N5S. The van der Waals surface area contributed by atoms with Crippen molar-refractivity contribution in [2.45, 2.75) is 59.5 Å². The molecule has 0 spiro atoms. The predicted molar refractivity (Wildman–Crippen MR) is 104 cm³/mol. The fourth-order valence-corrected chi connectivity index (χ4v) is 3.52. The normalized spacial score (nSPS) is 18.6. The van der Waals surface area contributed by atoms with Crippen LogP contribution in [0.15, 0.2) is 10.4 Å². The Morgan fingerprint density at radius 1 is 1.42 bits per heavy atom. The lowest BCUT2D eigenvalue weighted by atomic mass is 9.97. The van der Waals surface area contributed by atoms with E-state index in [2.05, 4.69) is 53.6 Å². The average Bonchev–Trinajstić information content (AvgIpc) is 2.99. The number of nitrogens with zero attached hydrogens (tertiary/aromatic N) is 3. The Kier molecular flexibility index (Phi) is 7.99. The van der Waals surface area contributed by atoms with Gasteiger partial charge in [0.15, 0.2) is 5.96 Å². The van der Waals surface area contributed by atoms with Gasteiger partial charge in [0.05, 0.1) is 10.7 Å². The molecule has 1 unspecified atom stereocenters. The van der Waals surface area contributed by atoms with Crippen LogP contribution in [0, 0.1) is 12.8 Å². The van der Waals surface area contributed by atoms with Crippen LogP contribution in [-0.2, 0) is 6.54 Å². The molecule has 1 atom stereocenters. The van der Waals surface area contributed by atoms with E-state index in [0.717, 1.165) is 45.1 Å². The zero-order valence-electron chi connectivity index (χ0n) is 15.6. The van der Waals surface area contributed by atoms with Gasteiger partial charge in [0.2, 0.25) is 0 Å². The Balaban J connectivity index is 1.75. The molecule has 1 saturated heterocycles. The molecule has 2 heterocycles. The number of aromatic nitrogens is 1. The number of rotatable bonds is 7. The number of aliphatic imine (C=N–C) groups is 1. The lowest BCUT2D eigenvalue weighted by Gasteiger charge is -2.30. The van der Waals surface area contributed by atoms with Gasteiger partial charge in [-0.1, -0.05) is 6.92 Å². The second kappa shape index (κ2) is 9.99. The first kappa shape index (κ1) is 19.2. The van der Waals surface area contributed by atoms with Gasteiger partial charge in [0, 0.05) is 31.1 Å². The Labute approximate surface area is 151 Å². The highest BCUT2D eigenvalue weighted by Gasteiger charge is 2.19. The summed E-state index contributed by atoms with van der Waals surface area (Å²) in [6.07, 6.45) is 3.57. The van der Waals surface area contributed by atoms with Crippen molar-refractivity contribution in [3.63, 3.8) is 0 Å². The third kappa shape index (κ3) is 6.40. The number of piperidine rings is 1. The number of aryl methyl sites for hydroxylation is 1. The lowest BCUT2D eigenvalue weighted by Crippen LogP contribution is -2.42. The summed E-state index contributed by atoms with van der Waals surface area (Å²) in [4.78, 5) is 11.9. The van der Waals surface area contributed by atoms with E-state index in [1.807, 2.05) is 0 Å². The molecule has 2 rings (SSSR count). The molecule has 0 saturated carbocycles. The molecule has 1 aromatic heterocycles. The molecule has 136 valence electrons. The topological polar surface area (TPSA) is 52.6 Å². The van der Waals surface area contributed by atoms with Crippen molar-refractivity contribution in [2.75, 3.05) is 26.2 Å². The van der Waals surface area contributed by atoms with Crippen LogP contribution in [0.3, 0.4) is 0 Å². The van der Waals surface area contributed by atoms with Crippen molar-refractivity contribution in [1.29, 1.82) is 0 Å². The quantitative estimate of drug-likeness (QED) is 0.586. The summed E-state index contributed by atoms with van der Waals surface area (Å²) in [5, 5.41) is 10.2. The van der Waals surface area contributed by atoms with Crippen LogP contribution in [0.2, 0.25) is 0 Å². The molecule has 0 radical (unpaired) electrons. The van der Waals surface area contributed by atoms with Gasteiger partial charge in [0.1, 0.15) is 0 Å². The zero-order valence-corrected chi connectivity index (χ0v) is 16.5. The highest BCUT2D eigenvalue weighted by atomic mass is 32.1. The van der Waals surface area contributed by atoms with Crippen LogP contribution in [0.5, 0.6) is 0 Å². The molecule has 5 nitrogen and oxygen atoms in total. The number of guanidine groups is 1. The minimum Gasteiger partial charge on any atom is -0.357 e. The lowest BCUT2D eigenvalue weighted by molar-refractivity contribution is 0.179. The maximum Gasteiger partial charge on any atom is 0.191 e. The monoisotopic (exact) mass is 351 g/mol. The SMILES string of the molecule is CCNC(=NCC1CCN(Cc2csc(C)n2)CC1)NC(C)CC. The van der Waals surface area contributed by atoms with Gasteiger partial charge in [-0.25, -0.2) is 4.98 Å². The van der Waals surface area contributed by atoms with Gasteiger partial charge < -0.3 is 10.6 Å². The van der Waals surface area contributed by atoms with Crippen molar-refractivity contribution < 1.29 is 0 Å². The first-order chi connectivity index (χ1) is 11.6. The first-order valence-electron chi connectivity index (χ1n) is 9.28. The summed E-state index contributed by atoms with van der Waals surface area (Å²) in [5.41, 5.74) is 1.22. The third-order valence-corrected chi connectivity index (χ3v) is 5.43. The molecule has 1 fully saturated rings. The Morgan fingerprint density at radius 3 is 2.75 bits per heavy atom. The molecule has 0 aliphatic carbocycles. The van der Waals surface area contributed by atoms with Crippen molar-refractivity contribution in [1.82, 2.24) is 20.5 Å². The second-order valence-electron chi connectivity index (χ2n) is 6.75. The van der Waals surface area contributed by atoms with E-state index in [1.54, 1.807) is 11.3 Å². The minimum absolute atomic E-state index is 0.464. The minimum atomic E-state index is 0.464. The molecule has 1 aliphatic rings.